The zero-order valence-corrected chi connectivity index (χ0v) is 17.9. The maximum absolute atomic E-state index is 14.4. The van der Waals surface area contributed by atoms with Gasteiger partial charge < -0.3 is 10.1 Å². The van der Waals surface area contributed by atoms with Gasteiger partial charge in [0.2, 0.25) is 5.91 Å². The molecule has 6 nitrogen and oxygen atoms in total. The highest BCUT2D eigenvalue weighted by Crippen LogP contribution is 2.29. The molecule has 4 rings (SSSR count). The second-order valence-electron chi connectivity index (χ2n) is 7.10. The van der Waals surface area contributed by atoms with Crippen LogP contribution in [0.2, 0.25) is 5.02 Å². The molecule has 0 saturated heterocycles. The van der Waals surface area contributed by atoms with E-state index in [4.69, 9.17) is 16.3 Å². The summed E-state index contributed by atoms with van der Waals surface area (Å²) >= 11 is 6.16. The molecule has 0 aliphatic carbocycles. The fourth-order valence-corrected chi connectivity index (χ4v) is 3.62. The Morgan fingerprint density at radius 3 is 2.72 bits per heavy atom. The van der Waals surface area contributed by atoms with E-state index in [9.17, 15) is 14.0 Å². The van der Waals surface area contributed by atoms with E-state index in [1.54, 1.807) is 43.5 Å². The van der Waals surface area contributed by atoms with Crippen LogP contribution < -0.4 is 15.7 Å². The van der Waals surface area contributed by atoms with Crippen molar-refractivity contribution < 1.29 is 13.9 Å². The lowest BCUT2D eigenvalue weighted by Gasteiger charge is -2.14. The Bertz CT molecular complexity index is 1370. The monoisotopic (exact) mass is 451 g/mol. The molecule has 1 heterocycles. The molecule has 1 aromatic heterocycles. The Labute approximate surface area is 188 Å². The van der Waals surface area contributed by atoms with Crippen LogP contribution in [0.1, 0.15) is 5.56 Å². The average Bonchev–Trinajstić information content (AvgIpc) is 2.80. The Hall–Kier alpha value is -3.71. The van der Waals surface area contributed by atoms with E-state index in [0.717, 1.165) is 5.56 Å². The molecule has 0 spiro atoms. The molecule has 0 atom stereocenters. The predicted octanol–water partition coefficient (Wildman–Crippen LogP) is 4.18. The topological polar surface area (TPSA) is 73.2 Å². The SMILES string of the molecule is COc1cccc(CNC(=O)Cn2c(=O)nc(-c3ccccc3F)c3cc(Cl)ccc32)c1. The molecule has 32 heavy (non-hydrogen) atoms. The zero-order valence-electron chi connectivity index (χ0n) is 17.1. The first kappa shape index (κ1) is 21.5. The number of carbonyl (C=O) groups is 1. The molecule has 4 aromatic rings. The van der Waals surface area contributed by atoms with Gasteiger partial charge in [-0.3, -0.25) is 9.36 Å². The number of methoxy groups -OCH3 is 1. The molecule has 0 fully saturated rings. The van der Waals surface area contributed by atoms with Gasteiger partial charge >= 0.3 is 5.69 Å². The van der Waals surface area contributed by atoms with E-state index in [2.05, 4.69) is 10.3 Å². The maximum Gasteiger partial charge on any atom is 0.349 e. The van der Waals surface area contributed by atoms with Gasteiger partial charge in [0, 0.05) is 22.5 Å². The minimum atomic E-state index is -0.658. The third-order valence-corrected chi connectivity index (χ3v) is 5.23. The van der Waals surface area contributed by atoms with Crippen LogP contribution in [-0.2, 0) is 17.9 Å². The molecule has 0 aliphatic heterocycles. The molecule has 0 radical (unpaired) electrons. The Kier molecular flexibility index (Phi) is 6.18. The van der Waals surface area contributed by atoms with Crippen LogP contribution in [0.5, 0.6) is 5.75 Å². The van der Waals surface area contributed by atoms with Gasteiger partial charge in [-0.2, -0.15) is 4.98 Å². The summed E-state index contributed by atoms with van der Waals surface area (Å²) in [5, 5.41) is 3.67. The molecule has 0 bridgehead atoms. The first-order valence-corrected chi connectivity index (χ1v) is 10.2. The molecule has 1 amide bonds. The van der Waals surface area contributed by atoms with Crippen molar-refractivity contribution in [1.82, 2.24) is 14.9 Å². The number of amides is 1. The quantitative estimate of drug-likeness (QED) is 0.477. The number of hydrogen-bond donors (Lipinski definition) is 1. The molecule has 0 unspecified atom stereocenters. The van der Waals surface area contributed by atoms with E-state index in [-0.39, 0.29) is 30.3 Å². The molecular formula is C24H19ClFN3O3. The summed E-state index contributed by atoms with van der Waals surface area (Å²) in [4.78, 5) is 29.5. The summed E-state index contributed by atoms with van der Waals surface area (Å²) in [6, 6.07) is 18.2. The van der Waals surface area contributed by atoms with Crippen molar-refractivity contribution in [2.45, 2.75) is 13.1 Å². The maximum atomic E-state index is 14.4. The van der Waals surface area contributed by atoms with Crippen LogP contribution in [0.4, 0.5) is 4.39 Å². The van der Waals surface area contributed by atoms with Crippen molar-refractivity contribution in [3.63, 3.8) is 0 Å². The van der Waals surface area contributed by atoms with Gasteiger partial charge in [0.1, 0.15) is 18.1 Å². The molecule has 3 aromatic carbocycles. The van der Waals surface area contributed by atoms with Gasteiger partial charge in [-0.05, 0) is 48.0 Å². The van der Waals surface area contributed by atoms with Crippen molar-refractivity contribution in [1.29, 1.82) is 0 Å². The summed E-state index contributed by atoms with van der Waals surface area (Å²) in [7, 11) is 1.57. The van der Waals surface area contributed by atoms with E-state index in [1.807, 2.05) is 24.3 Å². The Morgan fingerprint density at radius 2 is 1.94 bits per heavy atom. The minimum Gasteiger partial charge on any atom is -0.497 e. The third kappa shape index (κ3) is 4.48. The number of rotatable bonds is 6. The summed E-state index contributed by atoms with van der Waals surface area (Å²) in [5.41, 5.74) is 0.999. The van der Waals surface area contributed by atoms with E-state index >= 15 is 0 Å². The van der Waals surface area contributed by atoms with E-state index < -0.39 is 11.5 Å². The second-order valence-corrected chi connectivity index (χ2v) is 7.54. The molecular weight excluding hydrogens is 433 g/mol. The second kappa shape index (κ2) is 9.20. The van der Waals surface area contributed by atoms with Crippen molar-refractivity contribution in [2.24, 2.45) is 0 Å². The molecule has 162 valence electrons. The smallest absolute Gasteiger partial charge is 0.349 e. The number of fused-ring (bicyclic) bond motifs is 1. The number of nitrogens with one attached hydrogen (secondary N) is 1. The van der Waals surface area contributed by atoms with Gasteiger partial charge in [0.25, 0.3) is 0 Å². The normalized spacial score (nSPS) is 10.8. The number of aromatic nitrogens is 2. The minimum absolute atomic E-state index is 0.179. The highest BCUT2D eigenvalue weighted by atomic mass is 35.5. The number of benzene rings is 3. The molecule has 0 aliphatic rings. The Morgan fingerprint density at radius 1 is 1.12 bits per heavy atom. The van der Waals surface area contributed by atoms with Crippen molar-refractivity contribution in [3.05, 3.63) is 93.6 Å². The van der Waals surface area contributed by atoms with Crippen LogP contribution in [0.25, 0.3) is 22.2 Å². The standard InChI is InChI=1S/C24H19ClFN3O3/c1-32-17-6-4-5-15(11-17)13-27-22(30)14-29-21-10-9-16(25)12-19(21)23(28-24(29)31)18-7-2-3-8-20(18)26/h2-12H,13-14H2,1H3,(H,27,30). The van der Waals surface area contributed by atoms with Gasteiger partial charge in [0.05, 0.1) is 18.3 Å². The number of hydrogen-bond acceptors (Lipinski definition) is 4. The lowest BCUT2D eigenvalue weighted by Crippen LogP contribution is -2.33. The fraction of sp³-hybridized carbons (Fsp3) is 0.125. The Balaban J connectivity index is 1.67. The van der Waals surface area contributed by atoms with E-state index in [0.29, 0.717) is 21.7 Å². The zero-order chi connectivity index (χ0) is 22.7. The number of halogens is 2. The van der Waals surface area contributed by atoms with Crippen LogP contribution >= 0.6 is 11.6 Å². The van der Waals surface area contributed by atoms with Gasteiger partial charge in [-0.15, -0.1) is 0 Å². The third-order valence-electron chi connectivity index (χ3n) is 5.00. The number of carbonyl (C=O) groups excluding carboxylic acids is 1. The van der Waals surface area contributed by atoms with Gasteiger partial charge in [-0.25, -0.2) is 9.18 Å². The summed E-state index contributed by atoms with van der Waals surface area (Å²) < 4.78 is 20.8. The summed E-state index contributed by atoms with van der Waals surface area (Å²) in [5.74, 6) is -0.190. The van der Waals surface area contributed by atoms with Crippen LogP contribution in [0, 0.1) is 5.82 Å². The predicted molar refractivity (Wildman–Crippen MR) is 121 cm³/mol. The van der Waals surface area contributed by atoms with Gasteiger partial charge in [0.15, 0.2) is 0 Å². The average molecular weight is 452 g/mol. The lowest BCUT2D eigenvalue weighted by molar-refractivity contribution is -0.121. The molecule has 0 saturated carbocycles. The highest BCUT2D eigenvalue weighted by molar-refractivity contribution is 6.31. The van der Waals surface area contributed by atoms with E-state index in [1.165, 1.54) is 10.6 Å². The fourth-order valence-electron chi connectivity index (χ4n) is 3.45. The lowest BCUT2D eigenvalue weighted by atomic mass is 10.1. The first-order chi connectivity index (χ1) is 15.5. The van der Waals surface area contributed by atoms with Crippen molar-refractivity contribution >= 4 is 28.4 Å². The largest absolute Gasteiger partial charge is 0.497 e. The van der Waals surface area contributed by atoms with Crippen LogP contribution in [0.15, 0.2) is 71.5 Å². The number of nitrogens with zero attached hydrogens (tertiary/aromatic N) is 2. The van der Waals surface area contributed by atoms with Gasteiger partial charge in [-0.1, -0.05) is 35.9 Å². The summed E-state index contributed by atoms with van der Waals surface area (Å²) in [6.07, 6.45) is 0. The first-order valence-electron chi connectivity index (χ1n) is 9.81. The van der Waals surface area contributed by atoms with Crippen molar-refractivity contribution in [2.75, 3.05) is 7.11 Å². The van der Waals surface area contributed by atoms with Crippen LogP contribution in [-0.4, -0.2) is 22.6 Å². The summed E-state index contributed by atoms with van der Waals surface area (Å²) in [6.45, 7) is 0.0285. The number of ether oxygens (including phenoxy) is 1. The highest BCUT2D eigenvalue weighted by Gasteiger charge is 2.17. The molecule has 8 heteroatoms. The molecule has 1 N–H and O–H groups in total. The van der Waals surface area contributed by atoms with Crippen LogP contribution in [0.3, 0.4) is 0 Å². The van der Waals surface area contributed by atoms with Crippen molar-refractivity contribution in [3.8, 4) is 17.0 Å².